The maximum Gasteiger partial charge on any atom is 0.311 e. The zero-order valence-electron chi connectivity index (χ0n) is 12.5. The van der Waals surface area contributed by atoms with E-state index in [1.807, 2.05) is 0 Å². The number of nitriles is 1. The number of nitro benzene ring substituents is 1. The van der Waals surface area contributed by atoms with Crippen LogP contribution >= 0.6 is 11.6 Å². The zero-order chi connectivity index (χ0) is 17.3. The maximum absolute atomic E-state index is 11.1. The molecule has 1 aromatic heterocycles. The van der Waals surface area contributed by atoms with Crippen LogP contribution in [0.5, 0.6) is 11.6 Å². The van der Waals surface area contributed by atoms with Gasteiger partial charge in [0.2, 0.25) is 11.6 Å². The molecule has 0 saturated carbocycles. The summed E-state index contributed by atoms with van der Waals surface area (Å²) in [5.41, 5.74) is 1.48. The summed E-state index contributed by atoms with van der Waals surface area (Å²) in [5.74, 6) is 0.180. The number of pyridine rings is 1. The smallest absolute Gasteiger partial charge is 0.311 e. The summed E-state index contributed by atoms with van der Waals surface area (Å²) < 4.78 is 5.60. The Kier molecular flexibility index (Phi) is 4.02. The Labute approximate surface area is 142 Å². The van der Waals surface area contributed by atoms with Crippen molar-refractivity contribution in [1.29, 1.82) is 5.26 Å². The van der Waals surface area contributed by atoms with Crippen LogP contribution in [-0.4, -0.2) is 9.91 Å². The fourth-order valence-corrected chi connectivity index (χ4v) is 2.46. The molecule has 0 fully saturated rings. The van der Waals surface area contributed by atoms with Gasteiger partial charge in [0.25, 0.3) is 0 Å². The topological polar surface area (TPSA) is 89.0 Å². The second-order valence-corrected chi connectivity index (χ2v) is 5.55. The van der Waals surface area contributed by atoms with E-state index in [4.69, 9.17) is 16.3 Å². The zero-order valence-corrected chi connectivity index (χ0v) is 13.2. The van der Waals surface area contributed by atoms with Crippen molar-refractivity contribution < 1.29 is 9.66 Å². The summed E-state index contributed by atoms with van der Waals surface area (Å²) in [6.07, 6.45) is 0. The molecule has 0 amide bonds. The molecule has 118 valence electrons. The fraction of sp³-hybridized carbons (Fsp3) is 0.0588. The van der Waals surface area contributed by atoms with Gasteiger partial charge in [0.1, 0.15) is 6.07 Å². The number of aryl methyl sites for hydroxylation is 1. The lowest BCUT2D eigenvalue weighted by Gasteiger charge is -2.08. The molecule has 0 bridgehead atoms. The van der Waals surface area contributed by atoms with E-state index in [1.54, 1.807) is 37.3 Å². The summed E-state index contributed by atoms with van der Waals surface area (Å²) in [6, 6.07) is 13.0. The third kappa shape index (κ3) is 2.98. The quantitative estimate of drug-likeness (QED) is 0.506. The highest BCUT2D eigenvalue weighted by molar-refractivity contribution is 6.31. The molecule has 0 radical (unpaired) electrons. The molecule has 0 aliphatic rings. The van der Waals surface area contributed by atoms with Gasteiger partial charge < -0.3 is 4.74 Å². The Morgan fingerprint density at radius 1 is 1.25 bits per heavy atom. The number of halogens is 1. The fourth-order valence-electron chi connectivity index (χ4n) is 2.29. The largest absolute Gasteiger partial charge is 0.432 e. The highest BCUT2D eigenvalue weighted by Crippen LogP contribution is 2.33. The van der Waals surface area contributed by atoms with E-state index < -0.39 is 4.92 Å². The number of benzene rings is 2. The van der Waals surface area contributed by atoms with Crippen LogP contribution in [0.1, 0.15) is 11.1 Å². The first-order valence-electron chi connectivity index (χ1n) is 6.91. The van der Waals surface area contributed by atoms with Crippen molar-refractivity contribution in [2.75, 3.05) is 0 Å². The molecule has 1 heterocycles. The van der Waals surface area contributed by atoms with E-state index >= 15 is 0 Å². The standard InChI is InChI=1S/C17H10ClN3O3/c1-10-2-5-15(21(22)23)16(6-10)24-17-7-11(9-19)13-8-12(18)3-4-14(13)20-17/h2-8H,1H3. The van der Waals surface area contributed by atoms with Crippen LogP contribution in [-0.2, 0) is 0 Å². The van der Waals surface area contributed by atoms with Gasteiger partial charge in [-0.25, -0.2) is 4.98 Å². The average Bonchev–Trinajstić information content (AvgIpc) is 2.54. The van der Waals surface area contributed by atoms with Crippen molar-refractivity contribution in [2.24, 2.45) is 0 Å². The van der Waals surface area contributed by atoms with Crippen molar-refractivity contribution in [1.82, 2.24) is 4.98 Å². The van der Waals surface area contributed by atoms with E-state index in [-0.39, 0.29) is 17.3 Å². The summed E-state index contributed by atoms with van der Waals surface area (Å²) in [7, 11) is 0. The van der Waals surface area contributed by atoms with E-state index in [0.29, 0.717) is 21.5 Å². The molecule has 3 aromatic rings. The predicted octanol–water partition coefficient (Wildman–Crippen LogP) is 4.77. The molecule has 0 saturated heterocycles. The van der Waals surface area contributed by atoms with Crippen LogP contribution in [0.4, 0.5) is 5.69 Å². The van der Waals surface area contributed by atoms with Crippen molar-refractivity contribution in [3.05, 3.63) is 68.7 Å². The summed E-state index contributed by atoms with van der Waals surface area (Å²) in [6.45, 7) is 1.80. The molecule has 0 unspecified atom stereocenters. The van der Waals surface area contributed by atoms with E-state index in [1.165, 1.54) is 12.1 Å². The molecule has 3 rings (SSSR count). The SMILES string of the molecule is Cc1ccc([N+](=O)[O-])c(Oc2cc(C#N)c3cc(Cl)ccc3n2)c1. The Morgan fingerprint density at radius 2 is 2.04 bits per heavy atom. The van der Waals surface area contributed by atoms with Gasteiger partial charge in [-0.2, -0.15) is 5.26 Å². The number of hydrogen-bond donors (Lipinski definition) is 0. The molecule has 2 aromatic carbocycles. The number of aromatic nitrogens is 1. The maximum atomic E-state index is 11.1. The molecule has 0 aliphatic carbocycles. The second kappa shape index (κ2) is 6.14. The molecule has 0 atom stereocenters. The molecule has 0 spiro atoms. The first kappa shape index (κ1) is 15.7. The van der Waals surface area contributed by atoms with Gasteiger partial charge in [-0.15, -0.1) is 0 Å². The van der Waals surface area contributed by atoms with Crippen LogP contribution in [0.15, 0.2) is 42.5 Å². The van der Waals surface area contributed by atoms with Crippen molar-refractivity contribution in [2.45, 2.75) is 6.92 Å². The number of nitrogens with zero attached hydrogens (tertiary/aromatic N) is 3. The normalized spacial score (nSPS) is 10.4. The van der Waals surface area contributed by atoms with Gasteiger partial charge in [-0.05, 0) is 36.8 Å². The summed E-state index contributed by atoms with van der Waals surface area (Å²) in [4.78, 5) is 14.9. The molecule has 0 aliphatic heterocycles. The molecule has 24 heavy (non-hydrogen) atoms. The highest BCUT2D eigenvalue weighted by Gasteiger charge is 2.17. The first-order chi connectivity index (χ1) is 11.5. The Bertz CT molecular complexity index is 1010. The third-order valence-corrected chi connectivity index (χ3v) is 3.63. The highest BCUT2D eigenvalue weighted by atomic mass is 35.5. The predicted molar refractivity (Wildman–Crippen MR) is 89.4 cm³/mol. The van der Waals surface area contributed by atoms with Crippen LogP contribution in [0.25, 0.3) is 10.9 Å². The van der Waals surface area contributed by atoms with Gasteiger partial charge in [0, 0.05) is 22.5 Å². The van der Waals surface area contributed by atoms with Crippen molar-refractivity contribution in [3.8, 4) is 17.7 Å². The lowest BCUT2D eigenvalue weighted by atomic mass is 10.1. The first-order valence-corrected chi connectivity index (χ1v) is 7.29. The Hall–Kier alpha value is -3.17. The molecule has 7 heteroatoms. The molecule has 6 nitrogen and oxygen atoms in total. The minimum absolute atomic E-state index is 0.0738. The number of hydrogen-bond acceptors (Lipinski definition) is 5. The second-order valence-electron chi connectivity index (χ2n) is 5.11. The van der Waals surface area contributed by atoms with E-state index in [9.17, 15) is 15.4 Å². The van der Waals surface area contributed by atoms with Gasteiger partial charge in [0.05, 0.1) is 16.0 Å². The molecular formula is C17H10ClN3O3. The summed E-state index contributed by atoms with van der Waals surface area (Å²) in [5, 5.41) is 21.5. The van der Waals surface area contributed by atoms with Crippen LogP contribution < -0.4 is 4.74 Å². The van der Waals surface area contributed by atoms with E-state index in [0.717, 1.165) is 5.56 Å². The van der Waals surface area contributed by atoms with Crippen molar-refractivity contribution >= 4 is 28.2 Å². The van der Waals surface area contributed by atoms with Gasteiger partial charge >= 0.3 is 5.69 Å². The number of rotatable bonds is 3. The molecule has 0 N–H and O–H groups in total. The van der Waals surface area contributed by atoms with E-state index in [2.05, 4.69) is 11.1 Å². The minimum Gasteiger partial charge on any atom is -0.432 e. The number of fused-ring (bicyclic) bond motifs is 1. The molecular weight excluding hydrogens is 330 g/mol. The van der Waals surface area contributed by atoms with Crippen LogP contribution in [0, 0.1) is 28.4 Å². The number of nitro groups is 1. The Balaban J connectivity index is 2.12. The van der Waals surface area contributed by atoms with Gasteiger partial charge in [-0.3, -0.25) is 10.1 Å². The van der Waals surface area contributed by atoms with Crippen LogP contribution in [0.2, 0.25) is 5.02 Å². The number of ether oxygens (including phenoxy) is 1. The lowest BCUT2D eigenvalue weighted by molar-refractivity contribution is -0.385. The van der Waals surface area contributed by atoms with Gasteiger partial charge in [0.15, 0.2) is 0 Å². The van der Waals surface area contributed by atoms with Crippen LogP contribution in [0.3, 0.4) is 0 Å². The minimum atomic E-state index is -0.527. The Morgan fingerprint density at radius 3 is 2.75 bits per heavy atom. The van der Waals surface area contributed by atoms with Gasteiger partial charge in [-0.1, -0.05) is 17.7 Å². The summed E-state index contributed by atoms with van der Waals surface area (Å²) >= 11 is 5.95. The monoisotopic (exact) mass is 339 g/mol. The average molecular weight is 340 g/mol. The lowest BCUT2D eigenvalue weighted by Crippen LogP contribution is -1.96. The van der Waals surface area contributed by atoms with Crippen molar-refractivity contribution in [3.63, 3.8) is 0 Å². The third-order valence-electron chi connectivity index (χ3n) is 3.39.